The lowest BCUT2D eigenvalue weighted by Crippen LogP contribution is -3.15. The number of nitrogens with one attached hydrogen (secondary N) is 2. The number of hydrogen-bond acceptors (Lipinski definition) is 3. The first-order chi connectivity index (χ1) is 13.3. The molecule has 1 fully saturated rings. The summed E-state index contributed by atoms with van der Waals surface area (Å²) < 4.78 is 26.8. The van der Waals surface area contributed by atoms with Crippen LogP contribution in [0.4, 0.5) is 5.69 Å². The molecule has 6 nitrogen and oxygen atoms in total. The van der Waals surface area contributed by atoms with Crippen LogP contribution in [-0.4, -0.2) is 51.4 Å². The minimum Gasteiger partial charge on any atom is -0.325 e. The predicted octanol–water partition coefficient (Wildman–Crippen LogP) is 0.972. The molecule has 0 atom stereocenters. The van der Waals surface area contributed by atoms with Crippen molar-refractivity contribution in [2.75, 3.05) is 38.0 Å². The minimum atomic E-state index is -3.33. The molecule has 2 aromatic rings. The van der Waals surface area contributed by atoms with Gasteiger partial charge in [-0.3, -0.25) is 4.79 Å². The van der Waals surface area contributed by atoms with Gasteiger partial charge in [0.2, 0.25) is 10.0 Å². The molecule has 0 saturated carbocycles. The molecule has 2 N–H and O–H groups in total. The summed E-state index contributed by atoms with van der Waals surface area (Å²) in [5.41, 5.74) is 3.85. The summed E-state index contributed by atoms with van der Waals surface area (Å²) in [4.78, 5) is 13.5. The summed E-state index contributed by atoms with van der Waals surface area (Å²) in [6.07, 6.45) is 0. The number of benzene rings is 2. The van der Waals surface area contributed by atoms with Gasteiger partial charge in [0, 0.05) is 5.69 Å². The number of amides is 1. The molecule has 2 aromatic carbocycles. The highest BCUT2D eigenvalue weighted by Crippen LogP contribution is 2.17. The molecule has 1 aliphatic heterocycles. The van der Waals surface area contributed by atoms with Gasteiger partial charge >= 0.3 is 0 Å². The molecule has 0 aliphatic carbocycles. The van der Waals surface area contributed by atoms with E-state index in [2.05, 4.69) is 5.32 Å². The molecule has 0 aromatic heterocycles. The van der Waals surface area contributed by atoms with Gasteiger partial charge in [-0.2, -0.15) is 4.31 Å². The zero-order valence-corrected chi connectivity index (χ0v) is 17.3. The van der Waals surface area contributed by atoms with Crippen LogP contribution in [0.1, 0.15) is 16.7 Å². The zero-order valence-electron chi connectivity index (χ0n) is 16.4. The van der Waals surface area contributed by atoms with E-state index in [1.54, 1.807) is 4.31 Å². The van der Waals surface area contributed by atoms with Crippen molar-refractivity contribution < 1.29 is 18.1 Å². The third-order valence-electron chi connectivity index (χ3n) is 5.30. The molecule has 28 heavy (non-hydrogen) atoms. The topological polar surface area (TPSA) is 70.9 Å². The van der Waals surface area contributed by atoms with Crippen molar-refractivity contribution in [3.63, 3.8) is 0 Å². The van der Waals surface area contributed by atoms with Gasteiger partial charge in [-0.25, -0.2) is 8.42 Å². The Hall–Kier alpha value is -2.22. The first-order valence-electron chi connectivity index (χ1n) is 9.56. The lowest BCUT2D eigenvalue weighted by molar-refractivity contribution is -0.895. The minimum absolute atomic E-state index is 0.0241. The number of carbonyl (C=O) groups is 1. The van der Waals surface area contributed by atoms with E-state index in [1.807, 2.05) is 62.4 Å². The van der Waals surface area contributed by atoms with Crippen LogP contribution in [0.3, 0.4) is 0 Å². The van der Waals surface area contributed by atoms with E-state index >= 15 is 0 Å². The van der Waals surface area contributed by atoms with E-state index in [9.17, 15) is 13.2 Å². The lowest BCUT2D eigenvalue weighted by Gasteiger charge is -2.31. The molecule has 1 aliphatic rings. The Morgan fingerprint density at radius 3 is 2.39 bits per heavy atom. The van der Waals surface area contributed by atoms with Crippen LogP contribution < -0.4 is 10.2 Å². The predicted molar refractivity (Wildman–Crippen MR) is 111 cm³/mol. The van der Waals surface area contributed by atoms with Gasteiger partial charge in [0.25, 0.3) is 5.91 Å². The highest BCUT2D eigenvalue weighted by Gasteiger charge is 2.30. The highest BCUT2D eigenvalue weighted by atomic mass is 32.2. The molecule has 0 unspecified atom stereocenters. The molecule has 150 valence electrons. The molecule has 0 bridgehead atoms. The number of nitrogens with zero attached hydrogens (tertiary/aromatic N) is 1. The van der Waals surface area contributed by atoms with Crippen molar-refractivity contribution in [2.24, 2.45) is 0 Å². The maximum absolute atomic E-state index is 12.6. The van der Waals surface area contributed by atoms with Crippen molar-refractivity contribution in [1.29, 1.82) is 0 Å². The van der Waals surface area contributed by atoms with Crippen LogP contribution in [0.2, 0.25) is 0 Å². The SMILES string of the molecule is Cc1cccc(NC(=O)C[NH+]2CCN(S(=O)(=O)Cc3ccccc3)CC2)c1C. The van der Waals surface area contributed by atoms with Crippen molar-refractivity contribution in [3.05, 3.63) is 65.2 Å². The quantitative estimate of drug-likeness (QED) is 0.757. The van der Waals surface area contributed by atoms with Crippen LogP contribution >= 0.6 is 0 Å². The van der Waals surface area contributed by atoms with Gasteiger partial charge < -0.3 is 10.2 Å². The van der Waals surface area contributed by atoms with E-state index in [4.69, 9.17) is 0 Å². The van der Waals surface area contributed by atoms with E-state index in [1.165, 1.54) is 0 Å². The summed E-state index contributed by atoms with van der Waals surface area (Å²) in [6, 6.07) is 15.1. The molecule has 0 spiro atoms. The molecular formula is C21H28N3O3S+. The van der Waals surface area contributed by atoms with Crippen LogP contribution in [0.5, 0.6) is 0 Å². The Bertz CT molecular complexity index is 921. The van der Waals surface area contributed by atoms with Gasteiger partial charge in [-0.1, -0.05) is 42.5 Å². The summed E-state index contributed by atoms with van der Waals surface area (Å²) in [7, 11) is -3.33. The standard InChI is InChI=1S/C21H27N3O3S/c1-17-7-6-10-20(18(17)2)22-21(25)15-23-11-13-24(14-12-23)28(26,27)16-19-8-4-3-5-9-19/h3-10H,11-16H2,1-2H3,(H,22,25)/p+1. The Morgan fingerprint density at radius 1 is 1.04 bits per heavy atom. The summed E-state index contributed by atoms with van der Waals surface area (Å²) in [6.45, 7) is 6.52. The Labute approximate surface area is 167 Å². The van der Waals surface area contributed by atoms with Crippen LogP contribution in [0.15, 0.2) is 48.5 Å². The van der Waals surface area contributed by atoms with E-state index in [0.29, 0.717) is 32.7 Å². The van der Waals surface area contributed by atoms with Crippen LogP contribution in [0, 0.1) is 13.8 Å². The summed E-state index contributed by atoms with van der Waals surface area (Å²) in [5, 5.41) is 2.98. The molecule has 7 heteroatoms. The van der Waals surface area contributed by atoms with Gasteiger partial charge in [-0.05, 0) is 36.6 Å². The monoisotopic (exact) mass is 402 g/mol. The largest absolute Gasteiger partial charge is 0.325 e. The first kappa shape index (κ1) is 20.5. The average molecular weight is 403 g/mol. The van der Waals surface area contributed by atoms with Gasteiger partial charge in [0.05, 0.1) is 31.9 Å². The molecule has 1 amide bonds. The maximum Gasteiger partial charge on any atom is 0.279 e. The third kappa shape index (κ3) is 5.19. The first-order valence-corrected chi connectivity index (χ1v) is 11.2. The highest BCUT2D eigenvalue weighted by molar-refractivity contribution is 7.88. The second kappa shape index (κ2) is 8.86. The molecule has 1 heterocycles. The Balaban J connectivity index is 1.51. The number of carbonyl (C=O) groups excluding carboxylic acids is 1. The lowest BCUT2D eigenvalue weighted by atomic mass is 10.1. The molecular weight excluding hydrogens is 374 g/mol. The maximum atomic E-state index is 12.6. The molecule has 0 radical (unpaired) electrons. The van der Waals surface area contributed by atoms with Crippen molar-refractivity contribution >= 4 is 21.6 Å². The smallest absolute Gasteiger partial charge is 0.279 e. The third-order valence-corrected chi connectivity index (χ3v) is 7.15. The average Bonchev–Trinajstić information content (AvgIpc) is 2.66. The second-order valence-corrected chi connectivity index (χ2v) is 9.33. The van der Waals surface area contributed by atoms with E-state index in [0.717, 1.165) is 27.3 Å². The number of anilines is 1. The van der Waals surface area contributed by atoms with Crippen LogP contribution in [-0.2, 0) is 20.6 Å². The van der Waals surface area contributed by atoms with Gasteiger partial charge in [0.15, 0.2) is 6.54 Å². The summed E-state index contributed by atoms with van der Waals surface area (Å²) >= 11 is 0. The molecule has 3 rings (SSSR count). The normalized spacial score (nSPS) is 16.1. The number of hydrogen-bond donors (Lipinski definition) is 2. The second-order valence-electron chi connectivity index (χ2n) is 7.36. The van der Waals surface area contributed by atoms with E-state index in [-0.39, 0.29) is 11.7 Å². The Morgan fingerprint density at radius 2 is 1.71 bits per heavy atom. The number of sulfonamides is 1. The van der Waals surface area contributed by atoms with Crippen molar-refractivity contribution in [2.45, 2.75) is 19.6 Å². The van der Waals surface area contributed by atoms with Gasteiger partial charge in [0.1, 0.15) is 0 Å². The fraction of sp³-hybridized carbons (Fsp3) is 0.381. The number of rotatable bonds is 6. The molecule has 1 saturated heterocycles. The van der Waals surface area contributed by atoms with Crippen molar-refractivity contribution in [1.82, 2.24) is 4.31 Å². The fourth-order valence-electron chi connectivity index (χ4n) is 3.44. The Kier molecular flexibility index (Phi) is 6.49. The van der Waals surface area contributed by atoms with E-state index < -0.39 is 10.0 Å². The zero-order chi connectivity index (χ0) is 20.1. The number of piperazine rings is 1. The van der Waals surface area contributed by atoms with Gasteiger partial charge in [-0.15, -0.1) is 0 Å². The number of quaternary nitrogens is 1. The van der Waals surface area contributed by atoms with Crippen LogP contribution in [0.25, 0.3) is 0 Å². The number of aryl methyl sites for hydroxylation is 1. The van der Waals surface area contributed by atoms with Crippen molar-refractivity contribution in [3.8, 4) is 0 Å². The fourth-order valence-corrected chi connectivity index (χ4v) is 4.98. The summed E-state index contributed by atoms with van der Waals surface area (Å²) in [5.74, 6) is -0.0136.